The molecular formula is C10H18N2O2. The number of likely N-dealkylation sites (tertiary alicyclic amines) is 1. The summed E-state index contributed by atoms with van der Waals surface area (Å²) in [6, 6.07) is 0. The van der Waals surface area contributed by atoms with E-state index in [9.17, 15) is 4.79 Å². The van der Waals surface area contributed by atoms with E-state index in [-0.39, 0.29) is 5.92 Å². The summed E-state index contributed by atoms with van der Waals surface area (Å²) in [5.74, 6) is -0.263. The lowest BCUT2D eigenvalue weighted by Gasteiger charge is -2.17. The predicted octanol–water partition coefficient (Wildman–Crippen LogP) is 1.56. The van der Waals surface area contributed by atoms with Crippen LogP contribution in [0.5, 0.6) is 0 Å². The van der Waals surface area contributed by atoms with Crippen molar-refractivity contribution in [3.8, 4) is 0 Å². The van der Waals surface area contributed by atoms with E-state index in [1.54, 1.807) is 6.92 Å². The Balaban J connectivity index is 2.15. The van der Waals surface area contributed by atoms with E-state index in [1.165, 1.54) is 0 Å². The molecule has 2 N–H and O–H groups in total. The number of rotatable bonds is 5. The molecule has 0 bridgehead atoms. The van der Waals surface area contributed by atoms with Crippen molar-refractivity contribution >= 4 is 11.8 Å². The third-order valence-corrected chi connectivity index (χ3v) is 2.71. The van der Waals surface area contributed by atoms with Gasteiger partial charge < -0.3 is 10.0 Å². The monoisotopic (exact) mass is 198 g/mol. The zero-order valence-corrected chi connectivity index (χ0v) is 8.62. The highest BCUT2D eigenvalue weighted by atomic mass is 16.4. The fourth-order valence-electron chi connectivity index (χ4n) is 1.69. The van der Waals surface area contributed by atoms with E-state index in [4.69, 9.17) is 10.5 Å². The standard InChI is InChI=1S/C10H18N2O2/c1-8(10(13)14)4-2-6-12-7-3-5-9(12)11/h8,11H,2-7H2,1H3,(H,13,14)/t8-/m0/s1. The Morgan fingerprint density at radius 2 is 2.43 bits per heavy atom. The highest BCUT2D eigenvalue weighted by Gasteiger charge is 2.17. The van der Waals surface area contributed by atoms with Crippen LogP contribution in [0.3, 0.4) is 0 Å². The second kappa shape index (κ2) is 4.98. The number of hydrogen-bond donors (Lipinski definition) is 2. The third-order valence-electron chi connectivity index (χ3n) is 2.71. The van der Waals surface area contributed by atoms with Crippen molar-refractivity contribution in [1.82, 2.24) is 4.90 Å². The van der Waals surface area contributed by atoms with E-state index >= 15 is 0 Å². The maximum absolute atomic E-state index is 10.5. The van der Waals surface area contributed by atoms with E-state index in [0.29, 0.717) is 12.3 Å². The summed E-state index contributed by atoms with van der Waals surface area (Å²) in [7, 11) is 0. The molecule has 1 atom stereocenters. The Morgan fingerprint density at radius 1 is 1.71 bits per heavy atom. The Morgan fingerprint density at radius 3 is 2.93 bits per heavy atom. The van der Waals surface area contributed by atoms with Crippen molar-refractivity contribution in [2.24, 2.45) is 5.92 Å². The Labute approximate surface area is 84.4 Å². The number of nitrogens with one attached hydrogen (secondary N) is 1. The fraction of sp³-hybridized carbons (Fsp3) is 0.800. The molecule has 14 heavy (non-hydrogen) atoms. The highest BCUT2D eigenvalue weighted by molar-refractivity contribution is 5.80. The largest absolute Gasteiger partial charge is 0.481 e. The van der Waals surface area contributed by atoms with Crippen molar-refractivity contribution in [1.29, 1.82) is 5.41 Å². The van der Waals surface area contributed by atoms with Gasteiger partial charge in [-0.2, -0.15) is 0 Å². The van der Waals surface area contributed by atoms with Crippen LogP contribution in [0.4, 0.5) is 0 Å². The lowest BCUT2D eigenvalue weighted by molar-refractivity contribution is -0.141. The molecule has 4 nitrogen and oxygen atoms in total. The zero-order chi connectivity index (χ0) is 10.6. The number of amidine groups is 1. The molecule has 80 valence electrons. The molecule has 0 amide bonds. The van der Waals surface area contributed by atoms with Gasteiger partial charge in [0.2, 0.25) is 0 Å². The number of carboxylic acids is 1. The van der Waals surface area contributed by atoms with Crippen LogP contribution in [0.2, 0.25) is 0 Å². The van der Waals surface area contributed by atoms with Crippen molar-refractivity contribution in [3.05, 3.63) is 0 Å². The van der Waals surface area contributed by atoms with Crippen LogP contribution in [0, 0.1) is 11.3 Å². The predicted molar refractivity (Wildman–Crippen MR) is 54.6 cm³/mol. The van der Waals surface area contributed by atoms with Crippen LogP contribution < -0.4 is 0 Å². The minimum atomic E-state index is -0.721. The number of aliphatic carboxylic acids is 1. The summed E-state index contributed by atoms with van der Waals surface area (Å²) in [4.78, 5) is 12.6. The topological polar surface area (TPSA) is 64.4 Å². The molecule has 1 fully saturated rings. The minimum absolute atomic E-state index is 0.258. The quantitative estimate of drug-likeness (QED) is 0.704. The maximum Gasteiger partial charge on any atom is 0.306 e. The molecule has 0 unspecified atom stereocenters. The fourth-order valence-corrected chi connectivity index (χ4v) is 1.69. The molecule has 4 heteroatoms. The summed E-state index contributed by atoms with van der Waals surface area (Å²) in [5, 5.41) is 16.3. The number of hydrogen-bond acceptors (Lipinski definition) is 2. The molecule has 0 radical (unpaired) electrons. The minimum Gasteiger partial charge on any atom is -0.481 e. The van der Waals surface area contributed by atoms with Crippen LogP contribution >= 0.6 is 0 Å². The molecule has 1 rings (SSSR count). The normalized spacial score (nSPS) is 18.6. The molecule has 1 aliphatic heterocycles. The van der Waals surface area contributed by atoms with Crippen LogP contribution in [-0.4, -0.2) is 34.9 Å². The van der Waals surface area contributed by atoms with Crippen LogP contribution in [-0.2, 0) is 4.79 Å². The molecular weight excluding hydrogens is 180 g/mol. The van der Waals surface area contributed by atoms with Gasteiger partial charge in [-0.3, -0.25) is 10.2 Å². The first-order chi connectivity index (χ1) is 6.61. The van der Waals surface area contributed by atoms with E-state index < -0.39 is 5.97 Å². The van der Waals surface area contributed by atoms with Crippen molar-refractivity contribution in [3.63, 3.8) is 0 Å². The van der Waals surface area contributed by atoms with Gasteiger partial charge in [-0.15, -0.1) is 0 Å². The highest BCUT2D eigenvalue weighted by Crippen LogP contribution is 2.12. The molecule has 1 heterocycles. The molecule has 0 aliphatic carbocycles. The van der Waals surface area contributed by atoms with Crippen molar-refractivity contribution in [2.75, 3.05) is 13.1 Å². The first-order valence-electron chi connectivity index (χ1n) is 5.16. The number of nitrogens with zero attached hydrogens (tertiary/aromatic N) is 1. The zero-order valence-electron chi connectivity index (χ0n) is 8.62. The summed E-state index contributed by atoms with van der Waals surface area (Å²) < 4.78 is 0. The molecule has 1 saturated heterocycles. The first kappa shape index (κ1) is 11.0. The smallest absolute Gasteiger partial charge is 0.306 e. The van der Waals surface area contributed by atoms with Gasteiger partial charge in [-0.25, -0.2) is 0 Å². The Kier molecular flexibility index (Phi) is 3.92. The number of carbonyl (C=O) groups is 1. The van der Waals surface area contributed by atoms with Gasteiger partial charge in [-0.05, 0) is 19.3 Å². The van der Waals surface area contributed by atoms with Gasteiger partial charge in [0.15, 0.2) is 0 Å². The average molecular weight is 198 g/mol. The molecule has 0 saturated carbocycles. The van der Waals surface area contributed by atoms with Gasteiger partial charge in [0.05, 0.1) is 11.8 Å². The second-order valence-corrected chi connectivity index (χ2v) is 3.92. The van der Waals surface area contributed by atoms with Gasteiger partial charge in [0.1, 0.15) is 0 Å². The number of carboxylic acid groups (broad SMARTS) is 1. The van der Waals surface area contributed by atoms with Crippen LogP contribution in [0.15, 0.2) is 0 Å². The van der Waals surface area contributed by atoms with Crippen LogP contribution in [0.25, 0.3) is 0 Å². The van der Waals surface area contributed by atoms with Gasteiger partial charge in [0, 0.05) is 19.5 Å². The van der Waals surface area contributed by atoms with E-state index in [2.05, 4.69) is 4.90 Å². The lowest BCUT2D eigenvalue weighted by atomic mass is 10.1. The van der Waals surface area contributed by atoms with Gasteiger partial charge >= 0.3 is 5.97 Å². The maximum atomic E-state index is 10.5. The van der Waals surface area contributed by atoms with Gasteiger partial charge in [0.25, 0.3) is 0 Å². The average Bonchev–Trinajstić information content (AvgIpc) is 2.51. The van der Waals surface area contributed by atoms with Crippen molar-refractivity contribution < 1.29 is 9.90 Å². The molecule has 1 aliphatic rings. The van der Waals surface area contributed by atoms with E-state index in [1.807, 2.05) is 0 Å². The summed E-state index contributed by atoms with van der Waals surface area (Å²) >= 11 is 0. The van der Waals surface area contributed by atoms with Crippen molar-refractivity contribution in [2.45, 2.75) is 32.6 Å². The Hall–Kier alpha value is -1.06. The molecule has 0 aromatic heterocycles. The SMILES string of the molecule is C[C@@H](CCCN1CCCC1=N)C(=O)O. The molecule has 0 aromatic carbocycles. The second-order valence-electron chi connectivity index (χ2n) is 3.92. The van der Waals surface area contributed by atoms with E-state index in [0.717, 1.165) is 32.4 Å². The summed E-state index contributed by atoms with van der Waals surface area (Å²) in [6.07, 6.45) is 3.54. The first-order valence-corrected chi connectivity index (χ1v) is 5.16. The Bertz CT molecular complexity index is 228. The van der Waals surface area contributed by atoms with Gasteiger partial charge in [-0.1, -0.05) is 6.92 Å². The lowest BCUT2D eigenvalue weighted by Crippen LogP contribution is -2.25. The third kappa shape index (κ3) is 3.01. The van der Waals surface area contributed by atoms with Crippen LogP contribution in [0.1, 0.15) is 32.6 Å². The summed E-state index contributed by atoms with van der Waals surface area (Å²) in [5.41, 5.74) is 0. The molecule has 0 spiro atoms. The summed E-state index contributed by atoms with van der Waals surface area (Å²) in [6.45, 7) is 3.55. The molecule has 0 aromatic rings.